The number of aromatic amines is 1. The first-order chi connectivity index (χ1) is 8.22. The lowest BCUT2D eigenvalue weighted by molar-refractivity contribution is 0.0676. The zero-order valence-electron chi connectivity index (χ0n) is 9.69. The first kappa shape index (κ1) is 11.9. The fourth-order valence-corrected chi connectivity index (χ4v) is 2.20. The van der Waals surface area contributed by atoms with Gasteiger partial charge in [0.05, 0.1) is 0 Å². The van der Waals surface area contributed by atoms with Crippen molar-refractivity contribution >= 4 is 5.91 Å². The minimum atomic E-state index is -0.233. The summed E-state index contributed by atoms with van der Waals surface area (Å²) >= 11 is 0. The molecule has 1 aliphatic rings. The van der Waals surface area contributed by atoms with Crippen LogP contribution in [0.1, 0.15) is 23.2 Å². The molecule has 92 valence electrons. The third-order valence-corrected chi connectivity index (χ3v) is 3.19. The SMILES string of the molecule is NCC1CCCN(C(=O)c2c[nH]ccc2=O)C1. The Morgan fingerprint density at radius 2 is 2.41 bits per heavy atom. The van der Waals surface area contributed by atoms with Crippen LogP contribution in [0.15, 0.2) is 23.3 Å². The average Bonchev–Trinajstić information content (AvgIpc) is 2.38. The van der Waals surface area contributed by atoms with Gasteiger partial charge in [0.15, 0.2) is 5.43 Å². The fraction of sp³-hybridized carbons (Fsp3) is 0.500. The van der Waals surface area contributed by atoms with Crippen molar-refractivity contribution in [2.45, 2.75) is 12.8 Å². The van der Waals surface area contributed by atoms with Crippen LogP contribution < -0.4 is 11.2 Å². The Hall–Kier alpha value is -1.62. The molecular formula is C12H17N3O2. The van der Waals surface area contributed by atoms with Gasteiger partial charge >= 0.3 is 0 Å². The molecule has 2 rings (SSSR count). The van der Waals surface area contributed by atoms with Gasteiger partial charge in [-0.05, 0) is 25.3 Å². The number of aromatic nitrogens is 1. The van der Waals surface area contributed by atoms with E-state index < -0.39 is 0 Å². The standard InChI is InChI=1S/C12H17N3O2/c13-6-9-2-1-5-15(8-9)12(17)10-7-14-4-3-11(10)16/h3-4,7,9H,1-2,5-6,8,13H2,(H,14,16). The zero-order chi connectivity index (χ0) is 12.3. The van der Waals surface area contributed by atoms with Crippen LogP contribution in [0.2, 0.25) is 0 Å². The maximum Gasteiger partial charge on any atom is 0.259 e. The summed E-state index contributed by atoms with van der Waals surface area (Å²) in [6.45, 7) is 1.96. The number of nitrogens with one attached hydrogen (secondary N) is 1. The Bertz CT molecular complexity index is 455. The van der Waals surface area contributed by atoms with Crippen molar-refractivity contribution in [3.05, 3.63) is 34.2 Å². The van der Waals surface area contributed by atoms with Gasteiger partial charge in [-0.3, -0.25) is 9.59 Å². The van der Waals surface area contributed by atoms with Gasteiger partial charge in [-0.15, -0.1) is 0 Å². The van der Waals surface area contributed by atoms with E-state index in [-0.39, 0.29) is 16.9 Å². The smallest absolute Gasteiger partial charge is 0.259 e. The number of pyridine rings is 1. The topological polar surface area (TPSA) is 79.2 Å². The number of nitrogens with two attached hydrogens (primary N) is 1. The molecule has 17 heavy (non-hydrogen) atoms. The van der Waals surface area contributed by atoms with Crippen LogP contribution in [-0.4, -0.2) is 35.4 Å². The molecule has 0 spiro atoms. The van der Waals surface area contributed by atoms with Gasteiger partial charge < -0.3 is 15.6 Å². The zero-order valence-corrected chi connectivity index (χ0v) is 9.69. The number of hydrogen-bond donors (Lipinski definition) is 2. The third-order valence-electron chi connectivity index (χ3n) is 3.19. The summed E-state index contributed by atoms with van der Waals surface area (Å²) in [5.74, 6) is 0.167. The van der Waals surface area contributed by atoms with E-state index in [4.69, 9.17) is 5.73 Å². The molecule has 1 atom stereocenters. The highest BCUT2D eigenvalue weighted by atomic mass is 16.2. The molecule has 1 aliphatic heterocycles. The molecule has 1 aromatic rings. The number of likely N-dealkylation sites (tertiary alicyclic amines) is 1. The molecule has 1 saturated heterocycles. The van der Waals surface area contributed by atoms with Crippen LogP contribution in [0.3, 0.4) is 0 Å². The maximum absolute atomic E-state index is 12.1. The Labute approximate surface area is 99.6 Å². The first-order valence-corrected chi connectivity index (χ1v) is 5.89. The number of carbonyl (C=O) groups is 1. The number of carbonyl (C=O) groups excluding carboxylic acids is 1. The van der Waals surface area contributed by atoms with Crippen molar-refractivity contribution in [3.8, 4) is 0 Å². The van der Waals surface area contributed by atoms with E-state index in [1.165, 1.54) is 18.5 Å². The molecule has 0 aromatic carbocycles. The Balaban J connectivity index is 2.15. The van der Waals surface area contributed by atoms with Crippen LogP contribution >= 0.6 is 0 Å². The second-order valence-corrected chi connectivity index (χ2v) is 4.42. The predicted molar refractivity (Wildman–Crippen MR) is 64.7 cm³/mol. The Kier molecular flexibility index (Phi) is 3.58. The molecule has 5 nitrogen and oxygen atoms in total. The highest BCUT2D eigenvalue weighted by molar-refractivity contribution is 5.93. The molecule has 0 saturated carbocycles. The second-order valence-electron chi connectivity index (χ2n) is 4.42. The lowest BCUT2D eigenvalue weighted by atomic mass is 9.98. The minimum Gasteiger partial charge on any atom is -0.367 e. The second kappa shape index (κ2) is 5.14. The summed E-state index contributed by atoms with van der Waals surface area (Å²) in [6.07, 6.45) is 5.01. The van der Waals surface area contributed by atoms with Gasteiger partial charge in [0.2, 0.25) is 0 Å². The quantitative estimate of drug-likeness (QED) is 0.767. The number of piperidine rings is 1. The van der Waals surface area contributed by atoms with E-state index in [0.717, 1.165) is 12.8 Å². The summed E-state index contributed by atoms with van der Waals surface area (Å²) in [5, 5.41) is 0. The lowest BCUT2D eigenvalue weighted by Gasteiger charge is -2.32. The molecule has 2 heterocycles. The molecule has 1 fully saturated rings. The van der Waals surface area contributed by atoms with Gasteiger partial charge in [-0.1, -0.05) is 0 Å². The molecule has 1 amide bonds. The molecule has 0 bridgehead atoms. The first-order valence-electron chi connectivity index (χ1n) is 5.89. The predicted octanol–water partition coefficient (Wildman–Crippen LogP) is 0.186. The van der Waals surface area contributed by atoms with Crippen LogP contribution in [0, 0.1) is 5.92 Å². The molecule has 1 unspecified atom stereocenters. The monoisotopic (exact) mass is 235 g/mol. The molecule has 0 aliphatic carbocycles. The van der Waals surface area contributed by atoms with E-state index in [9.17, 15) is 9.59 Å². The summed E-state index contributed by atoms with van der Waals surface area (Å²) in [5.41, 5.74) is 5.61. The number of rotatable bonds is 2. The molecule has 0 radical (unpaired) electrons. The normalized spacial score (nSPS) is 20.3. The third kappa shape index (κ3) is 2.55. The van der Waals surface area contributed by atoms with Crippen molar-refractivity contribution in [2.75, 3.05) is 19.6 Å². The van der Waals surface area contributed by atoms with E-state index in [1.807, 2.05) is 0 Å². The largest absolute Gasteiger partial charge is 0.367 e. The van der Waals surface area contributed by atoms with Gasteiger partial charge in [0.1, 0.15) is 5.56 Å². The Morgan fingerprint density at radius 1 is 1.59 bits per heavy atom. The van der Waals surface area contributed by atoms with Gasteiger partial charge in [-0.25, -0.2) is 0 Å². The van der Waals surface area contributed by atoms with Gasteiger partial charge in [0.25, 0.3) is 5.91 Å². The van der Waals surface area contributed by atoms with E-state index in [2.05, 4.69) is 4.98 Å². The summed E-state index contributed by atoms with van der Waals surface area (Å²) in [7, 11) is 0. The van der Waals surface area contributed by atoms with Crippen LogP contribution in [0.25, 0.3) is 0 Å². The number of H-pyrrole nitrogens is 1. The van der Waals surface area contributed by atoms with Gasteiger partial charge in [-0.2, -0.15) is 0 Å². The van der Waals surface area contributed by atoms with E-state index >= 15 is 0 Å². The molecule has 5 heteroatoms. The number of nitrogens with zero attached hydrogens (tertiary/aromatic N) is 1. The minimum absolute atomic E-state index is 0.190. The van der Waals surface area contributed by atoms with Crippen molar-refractivity contribution < 1.29 is 4.79 Å². The highest BCUT2D eigenvalue weighted by Crippen LogP contribution is 2.16. The maximum atomic E-state index is 12.1. The van der Waals surface area contributed by atoms with Crippen molar-refractivity contribution in [1.29, 1.82) is 0 Å². The molecule has 1 aromatic heterocycles. The summed E-state index contributed by atoms with van der Waals surface area (Å²) < 4.78 is 0. The molecular weight excluding hydrogens is 218 g/mol. The van der Waals surface area contributed by atoms with E-state index in [1.54, 1.807) is 4.90 Å². The van der Waals surface area contributed by atoms with Crippen LogP contribution in [0.4, 0.5) is 0 Å². The number of amides is 1. The molecule has 3 N–H and O–H groups in total. The Morgan fingerprint density at radius 3 is 3.12 bits per heavy atom. The lowest BCUT2D eigenvalue weighted by Crippen LogP contribution is -2.43. The summed E-state index contributed by atoms with van der Waals surface area (Å²) in [4.78, 5) is 28.2. The van der Waals surface area contributed by atoms with E-state index in [0.29, 0.717) is 25.6 Å². The number of hydrogen-bond acceptors (Lipinski definition) is 3. The van der Waals surface area contributed by atoms with Crippen LogP contribution in [-0.2, 0) is 0 Å². The van der Waals surface area contributed by atoms with Crippen molar-refractivity contribution in [2.24, 2.45) is 11.7 Å². The summed E-state index contributed by atoms with van der Waals surface area (Å²) in [6, 6.07) is 1.37. The van der Waals surface area contributed by atoms with Gasteiger partial charge in [0, 0.05) is 31.5 Å². The van der Waals surface area contributed by atoms with Crippen LogP contribution in [0.5, 0.6) is 0 Å². The van der Waals surface area contributed by atoms with Crippen molar-refractivity contribution in [1.82, 2.24) is 9.88 Å². The highest BCUT2D eigenvalue weighted by Gasteiger charge is 2.24. The van der Waals surface area contributed by atoms with Crippen molar-refractivity contribution in [3.63, 3.8) is 0 Å². The fourth-order valence-electron chi connectivity index (χ4n) is 2.20. The average molecular weight is 235 g/mol.